The molecule has 0 amide bonds. The number of aromatic nitrogens is 2. The van der Waals surface area contributed by atoms with Gasteiger partial charge < -0.3 is 19.5 Å². The minimum atomic E-state index is 0.0836. The van der Waals surface area contributed by atoms with Crippen molar-refractivity contribution in [1.82, 2.24) is 15.4 Å². The molecule has 0 fully saturated rings. The van der Waals surface area contributed by atoms with Gasteiger partial charge in [-0.25, -0.2) is 0 Å². The Balaban J connectivity index is 1.75. The quantitative estimate of drug-likeness (QED) is 0.303. The lowest BCUT2D eigenvalue weighted by molar-refractivity contribution is 0.348. The van der Waals surface area contributed by atoms with Crippen LogP contribution in [0, 0.1) is 6.92 Å². The molecule has 0 saturated heterocycles. The Morgan fingerprint density at radius 3 is 2.45 bits per heavy atom. The van der Waals surface area contributed by atoms with Crippen molar-refractivity contribution in [3.63, 3.8) is 0 Å². The zero-order valence-electron chi connectivity index (χ0n) is 17.0. The van der Waals surface area contributed by atoms with Crippen molar-refractivity contribution >= 4 is 40.8 Å². The highest BCUT2D eigenvalue weighted by atomic mass is 35.5. The number of halogens is 1. The monoisotopic (exact) mass is 457 g/mol. The van der Waals surface area contributed by atoms with Gasteiger partial charge >= 0.3 is 6.01 Å². The summed E-state index contributed by atoms with van der Waals surface area (Å²) in [6.07, 6.45) is 1.60. The van der Waals surface area contributed by atoms with Crippen LogP contribution in [0.4, 0.5) is 5.69 Å². The molecule has 31 heavy (non-hydrogen) atoms. The number of nitrogens with one attached hydrogen (secondary N) is 2. The Bertz CT molecular complexity index is 1090. The van der Waals surface area contributed by atoms with E-state index in [0.29, 0.717) is 33.3 Å². The van der Waals surface area contributed by atoms with E-state index in [1.807, 2.05) is 37.3 Å². The molecule has 8 nitrogen and oxygen atoms in total. The molecule has 0 spiro atoms. The van der Waals surface area contributed by atoms with Crippen LogP contribution in [0.25, 0.3) is 0 Å². The highest BCUT2D eigenvalue weighted by molar-refractivity contribution is 7.80. The van der Waals surface area contributed by atoms with E-state index in [4.69, 9.17) is 38.0 Å². The molecule has 0 bridgehead atoms. The second kappa shape index (κ2) is 10.6. The lowest BCUT2D eigenvalue weighted by atomic mass is 10.1. The number of hydrogen-bond acceptors (Lipinski definition) is 7. The van der Waals surface area contributed by atoms with Crippen LogP contribution >= 0.6 is 23.8 Å². The Kier molecular flexibility index (Phi) is 7.58. The summed E-state index contributed by atoms with van der Waals surface area (Å²) >= 11 is 11.4. The number of thiocarbonyl (C=S) groups is 1. The van der Waals surface area contributed by atoms with Gasteiger partial charge in [0.15, 0.2) is 5.11 Å². The average Bonchev–Trinajstić information content (AvgIpc) is 2.77. The summed E-state index contributed by atoms with van der Waals surface area (Å²) < 4.78 is 16.2. The Labute approximate surface area is 190 Å². The fourth-order valence-electron chi connectivity index (χ4n) is 2.51. The smallest absolute Gasteiger partial charge is 0.328 e. The predicted molar refractivity (Wildman–Crippen MR) is 125 cm³/mol. The van der Waals surface area contributed by atoms with Crippen molar-refractivity contribution in [2.45, 2.75) is 6.92 Å². The first kappa shape index (κ1) is 22.3. The number of anilines is 1. The van der Waals surface area contributed by atoms with Crippen molar-refractivity contribution in [3.05, 3.63) is 64.7 Å². The summed E-state index contributed by atoms with van der Waals surface area (Å²) in [6.45, 7) is 1.93. The number of rotatable bonds is 7. The van der Waals surface area contributed by atoms with E-state index in [9.17, 15) is 0 Å². The molecule has 10 heteroatoms. The normalized spacial score (nSPS) is 10.6. The van der Waals surface area contributed by atoms with E-state index >= 15 is 0 Å². The number of ether oxygens (including phenoxy) is 3. The SMILES string of the molecule is COc1cc(OC)nc(Oc2cccc(C)c2/C=N/NC(=S)Nc2ccccc2Cl)n1. The summed E-state index contributed by atoms with van der Waals surface area (Å²) in [6, 6.07) is 14.5. The molecule has 0 aliphatic heterocycles. The van der Waals surface area contributed by atoms with Crippen LogP contribution in [0.15, 0.2) is 53.6 Å². The van der Waals surface area contributed by atoms with Crippen LogP contribution in [-0.2, 0) is 0 Å². The molecule has 0 aliphatic rings. The maximum Gasteiger partial charge on any atom is 0.328 e. The van der Waals surface area contributed by atoms with Crippen LogP contribution in [0.2, 0.25) is 5.02 Å². The van der Waals surface area contributed by atoms with Gasteiger partial charge in [0.05, 0.1) is 37.2 Å². The molecule has 3 aromatic rings. The first-order valence-corrected chi connectivity index (χ1v) is 9.88. The van der Waals surface area contributed by atoms with Crippen LogP contribution in [0.1, 0.15) is 11.1 Å². The first-order valence-electron chi connectivity index (χ1n) is 9.09. The van der Waals surface area contributed by atoms with Crippen molar-refractivity contribution in [1.29, 1.82) is 0 Å². The van der Waals surface area contributed by atoms with E-state index in [-0.39, 0.29) is 6.01 Å². The topological polar surface area (TPSA) is 89.9 Å². The molecule has 0 unspecified atom stereocenters. The minimum absolute atomic E-state index is 0.0836. The average molecular weight is 458 g/mol. The molecule has 0 saturated carbocycles. The van der Waals surface area contributed by atoms with Gasteiger partial charge in [0.1, 0.15) is 5.75 Å². The van der Waals surface area contributed by atoms with E-state index in [1.165, 1.54) is 14.2 Å². The zero-order chi connectivity index (χ0) is 22.2. The number of benzene rings is 2. The van der Waals surface area contributed by atoms with Gasteiger partial charge in [0.2, 0.25) is 11.8 Å². The van der Waals surface area contributed by atoms with Gasteiger partial charge in [-0.2, -0.15) is 15.1 Å². The standard InChI is InChI=1S/C21H20ClN5O3S/c1-13-7-6-10-17(30-20-25-18(28-2)11-19(26-20)29-3)14(13)12-23-27-21(31)24-16-9-5-4-8-15(16)22/h4-12H,1-3H3,(H2,24,27,31)/b23-12+. The highest BCUT2D eigenvalue weighted by Crippen LogP contribution is 2.27. The van der Waals surface area contributed by atoms with Crippen LogP contribution in [-0.4, -0.2) is 35.5 Å². The second-order valence-corrected chi connectivity index (χ2v) is 6.94. The Morgan fingerprint density at radius 2 is 1.77 bits per heavy atom. The molecule has 3 rings (SSSR count). The number of hydrogen-bond donors (Lipinski definition) is 2. The number of para-hydroxylation sites is 1. The van der Waals surface area contributed by atoms with Crippen LogP contribution < -0.4 is 25.0 Å². The Hall–Kier alpha value is -3.43. The summed E-state index contributed by atoms with van der Waals surface area (Å²) in [5, 5.41) is 8.04. The second-order valence-electron chi connectivity index (χ2n) is 6.13. The lowest BCUT2D eigenvalue weighted by Crippen LogP contribution is -2.24. The van der Waals surface area contributed by atoms with Gasteiger partial charge in [-0.3, -0.25) is 5.43 Å². The molecule has 0 radical (unpaired) electrons. The fourth-order valence-corrected chi connectivity index (χ4v) is 2.86. The third-order valence-electron chi connectivity index (χ3n) is 4.04. The largest absolute Gasteiger partial charge is 0.481 e. The molecule has 2 N–H and O–H groups in total. The zero-order valence-corrected chi connectivity index (χ0v) is 18.6. The lowest BCUT2D eigenvalue weighted by Gasteiger charge is -2.11. The van der Waals surface area contributed by atoms with E-state index < -0.39 is 0 Å². The summed E-state index contributed by atoms with van der Waals surface area (Å²) in [7, 11) is 3.00. The van der Waals surface area contributed by atoms with Gasteiger partial charge in [-0.1, -0.05) is 35.9 Å². The maximum atomic E-state index is 6.13. The van der Waals surface area contributed by atoms with Crippen molar-refractivity contribution in [2.24, 2.45) is 5.10 Å². The van der Waals surface area contributed by atoms with Crippen molar-refractivity contribution in [2.75, 3.05) is 19.5 Å². The summed E-state index contributed by atoms with van der Waals surface area (Å²) in [4.78, 5) is 8.38. The predicted octanol–water partition coefficient (Wildman–Crippen LogP) is 4.57. The van der Waals surface area contributed by atoms with Gasteiger partial charge in [-0.15, -0.1) is 0 Å². The van der Waals surface area contributed by atoms with Crippen LogP contribution in [0.5, 0.6) is 23.5 Å². The van der Waals surface area contributed by atoms with Gasteiger partial charge in [0.25, 0.3) is 0 Å². The summed E-state index contributed by atoms with van der Waals surface area (Å²) in [5.74, 6) is 1.15. The van der Waals surface area contributed by atoms with Gasteiger partial charge in [0, 0.05) is 5.56 Å². The number of methoxy groups -OCH3 is 2. The number of hydrazone groups is 1. The van der Waals surface area contributed by atoms with E-state index in [0.717, 1.165) is 11.1 Å². The van der Waals surface area contributed by atoms with E-state index in [2.05, 4.69) is 25.8 Å². The molecule has 1 aromatic heterocycles. The van der Waals surface area contributed by atoms with Crippen LogP contribution in [0.3, 0.4) is 0 Å². The summed E-state index contributed by atoms with van der Waals surface area (Å²) in [5.41, 5.74) is 5.10. The molecule has 0 atom stereocenters. The first-order chi connectivity index (χ1) is 15.0. The van der Waals surface area contributed by atoms with Crippen molar-refractivity contribution < 1.29 is 14.2 Å². The maximum absolute atomic E-state index is 6.13. The molecule has 1 heterocycles. The molecular weight excluding hydrogens is 438 g/mol. The minimum Gasteiger partial charge on any atom is -0.481 e. The molecule has 2 aromatic carbocycles. The number of aryl methyl sites for hydroxylation is 1. The van der Waals surface area contributed by atoms with E-state index in [1.54, 1.807) is 24.4 Å². The molecular formula is C21H20ClN5O3S. The number of nitrogens with zero attached hydrogens (tertiary/aromatic N) is 3. The van der Waals surface area contributed by atoms with Crippen molar-refractivity contribution in [3.8, 4) is 23.5 Å². The third-order valence-corrected chi connectivity index (χ3v) is 4.57. The van der Waals surface area contributed by atoms with Gasteiger partial charge in [-0.05, 0) is 42.9 Å². The molecule has 160 valence electrons. The Morgan fingerprint density at radius 1 is 1.06 bits per heavy atom. The fraction of sp³-hybridized carbons (Fsp3) is 0.143. The molecule has 0 aliphatic carbocycles. The third kappa shape index (κ3) is 6.03. The highest BCUT2D eigenvalue weighted by Gasteiger charge is 2.11.